The van der Waals surface area contributed by atoms with Crippen molar-refractivity contribution in [1.82, 2.24) is 19.7 Å². The van der Waals surface area contributed by atoms with Crippen LogP contribution in [0.15, 0.2) is 24.5 Å². The molecule has 2 aromatic rings. The number of nitrogens with zero attached hydrogens (tertiary/aromatic N) is 5. The number of pyridine rings is 1. The summed E-state index contributed by atoms with van der Waals surface area (Å²) >= 11 is 0. The van der Waals surface area contributed by atoms with Gasteiger partial charge in [0.1, 0.15) is 6.54 Å². The number of nitro groups is 1. The lowest BCUT2D eigenvalue weighted by molar-refractivity contribution is -0.394. The summed E-state index contributed by atoms with van der Waals surface area (Å²) in [7, 11) is 0. The summed E-state index contributed by atoms with van der Waals surface area (Å²) in [6.45, 7) is -0.379. The fourth-order valence-corrected chi connectivity index (χ4v) is 1.23. The highest BCUT2D eigenvalue weighted by molar-refractivity contribution is 5.73. The lowest BCUT2D eigenvalue weighted by Crippen LogP contribution is -2.20. The quantitative estimate of drug-likeness (QED) is 0.585. The molecule has 0 fully saturated rings. The number of rotatable bonds is 5. The minimum Gasteiger partial charge on any atom is -0.410 e. The number of amides is 1. The molecule has 0 bridgehead atoms. The molecular weight excluding hydrogens is 256 g/mol. The minimum atomic E-state index is -0.798. The number of ether oxygens (including phenoxy) is 1. The number of hydrogen-bond donors (Lipinski definition) is 1. The van der Waals surface area contributed by atoms with Crippen molar-refractivity contribution in [2.45, 2.75) is 6.54 Å². The predicted octanol–water partition coefficient (Wildman–Crippen LogP) is -0.141. The van der Waals surface area contributed by atoms with E-state index in [1.165, 1.54) is 12.4 Å². The van der Waals surface area contributed by atoms with Gasteiger partial charge in [-0.25, -0.2) is 0 Å². The Bertz CT molecular complexity index is 610. The maximum atomic E-state index is 10.8. The number of carbonyl (C=O) groups excluding carboxylic acids is 1. The van der Waals surface area contributed by atoms with E-state index in [0.29, 0.717) is 5.75 Å². The Morgan fingerprint density at radius 2 is 2.37 bits per heavy atom. The Morgan fingerprint density at radius 1 is 1.58 bits per heavy atom. The molecule has 0 aromatic carbocycles. The fourth-order valence-electron chi connectivity index (χ4n) is 1.23. The molecule has 0 saturated carbocycles. The Hall–Kier alpha value is -3.04. The third kappa shape index (κ3) is 3.00. The van der Waals surface area contributed by atoms with E-state index in [1.54, 1.807) is 12.1 Å². The Morgan fingerprint density at radius 3 is 2.95 bits per heavy atom. The van der Waals surface area contributed by atoms with Crippen LogP contribution in [0, 0.1) is 10.1 Å². The molecule has 10 heteroatoms. The Labute approximate surface area is 106 Å². The van der Waals surface area contributed by atoms with E-state index in [1.807, 2.05) is 0 Å². The molecule has 2 rings (SSSR count). The van der Waals surface area contributed by atoms with Crippen molar-refractivity contribution in [3.8, 4) is 11.8 Å². The van der Waals surface area contributed by atoms with Gasteiger partial charge in [-0.3, -0.25) is 9.78 Å². The average molecular weight is 264 g/mol. The van der Waals surface area contributed by atoms with Crippen LogP contribution in [0.3, 0.4) is 0 Å². The molecule has 10 nitrogen and oxygen atoms in total. The van der Waals surface area contributed by atoms with Crippen molar-refractivity contribution in [2.24, 2.45) is 5.73 Å². The highest BCUT2D eigenvalue weighted by Gasteiger charge is 2.24. The molecule has 0 saturated heterocycles. The zero-order valence-corrected chi connectivity index (χ0v) is 9.46. The minimum absolute atomic E-state index is 0.210. The molecule has 0 aliphatic carbocycles. The zero-order chi connectivity index (χ0) is 13.8. The number of primary amides is 1. The number of aromatic nitrogens is 4. The Kier molecular flexibility index (Phi) is 3.32. The van der Waals surface area contributed by atoms with E-state index in [4.69, 9.17) is 10.5 Å². The van der Waals surface area contributed by atoms with Gasteiger partial charge in [-0.15, -0.1) is 4.68 Å². The molecule has 98 valence electrons. The van der Waals surface area contributed by atoms with Gasteiger partial charge in [0.15, 0.2) is 5.75 Å². The predicted molar refractivity (Wildman–Crippen MR) is 60.2 cm³/mol. The topological polar surface area (TPSA) is 139 Å². The van der Waals surface area contributed by atoms with E-state index < -0.39 is 16.8 Å². The highest BCUT2D eigenvalue weighted by atomic mass is 16.6. The first kappa shape index (κ1) is 12.4. The average Bonchev–Trinajstić information content (AvgIpc) is 2.73. The summed E-state index contributed by atoms with van der Waals surface area (Å²) in [6, 6.07) is 2.97. The molecule has 2 heterocycles. The van der Waals surface area contributed by atoms with Crippen molar-refractivity contribution in [1.29, 1.82) is 0 Å². The van der Waals surface area contributed by atoms with Gasteiger partial charge in [0.05, 0.1) is 6.20 Å². The van der Waals surface area contributed by atoms with Crippen LogP contribution in [-0.2, 0) is 11.3 Å². The van der Waals surface area contributed by atoms with Crippen molar-refractivity contribution < 1.29 is 14.5 Å². The maximum Gasteiger partial charge on any atom is 0.494 e. The summed E-state index contributed by atoms with van der Waals surface area (Å²) in [5.74, 6) is -1.11. The zero-order valence-electron chi connectivity index (χ0n) is 9.46. The van der Waals surface area contributed by atoms with Gasteiger partial charge in [-0.1, -0.05) is 0 Å². The van der Waals surface area contributed by atoms with Gasteiger partial charge >= 0.3 is 12.0 Å². The van der Waals surface area contributed by atoms with Crippen LogP contribution in [-0.4, -0.2) is 30.6 Å². The van der Waals surface area contributed by atoms with Crippen LogP contribution in [0.5, 0.6) is 11.8 Å². The summed E-state index contributed by atoms with van der Waals surface area (Å²) in [5, 5.41) is 14.1. The lowest BCUT2D eigenvalue weighted by atomic mass is 10.5. The van der Waals surface area contributed by atoms with E-state index in [-0.39, 0.29) is 12.6 Å². The number of carbonyl (C=O) groups is 1. The number of hydrogen-bond acceptors (Lipinski definition) is 7. The summed E-state index contributed by atoms with van der Waals surface area (Å²) in [5.41, 5.74) is 5.01. The molecule has 19 heavy (non-hydrogen) atoms. The molecule has 0 aliphatic heterocycles. The molecule has 0 unspecified atom stereocenters. The van der Waals surface area contributed by atoms with Crippen molar-refractivity contribution in [2.75, 3.05) is 0 Å². The highest BCUT2D eigenvalue weighted by Crippen LogP contribution is 2.20. The van der Waals surface area contributed by atoms with Gasteiger partial charge in [-0.2, -0.15) is 0 Å². The molecule has 2 aromatic heterocycles. The second kappa shape index (κ2) is 5.08. The van der Waals surface area contributed by atoms with Gasteiger partial charge in [0.25, 0.3) is 0 Å². The van der Waals surface area contributed by atoms with E-state index >= 15 is 0 Å². The molecule has 2 N–H and O–H groups in total. The molecule has 0 atom stereocenters. The lowest BCUT2D eigenvalue weighted by Gasteiger charge is -2.00. The Balaban J connectivity index is 2.31. The smallest absolute Gasteiger partial charge is 0.410 e. The van der Waals surface area contributed by atoms with E-state index in [9.17, 15) is 14.9 Å². The first-order chi connectivity index (χ1) is 9.06. The summed E-state index contributed by atoms with van der Waals surface area (Å²) in [4.78, 5) is 28.0. The normalized spacial score (nSPS) is 10.1. The van der Waals surface area contributed by atoms with Gasteiger partial charge in [-0.05, 0) is 22.0 Å². The summed E-state index contributed by atoms with van der Waals surface area (Å²) < 4.78 is 6.17. The third-order valence-corrected chi connectivity index (χ3v) is 1.94. The largest absolute Gasteiger partial charge is 0.494 e. The molecule has 0 radical (unpaired) electrons. The first-order valence-corrected chi connectivity index (χ1v) is 5.01. The van der Waals surface area contributed by atoms with Crippen LogP contribution < -0.4 is 10.5 Å². The SMILES string of the molecule is NC(=O)Cn1nc([N+](=O)[O-])nc1Oc1cccnc1. The van der Waals surface area contributed by atoms with Gasteiger partial charge in [0, 0.05) is 11.3 Å². The molecule has 0 aliphatic rings. The van der Waals surface area contributed by atoms with Gasteiger partial charge < -0.3 is 20.6 Å². The maximum absolute atomic E-state index is 10.8. The molecular formula is C9H8N6O4. The van der Waals surface area contributed by atoms with Crippen LogP contribution in [0.4, 0.5) is 5.95 Å². The van der Waals surface area contributed by atoms with Crippen molar-refractivity contribution >= 4 is 11.9 Å². The molecule has 0 spiro atoms. The third-order valence-electron chi connectivity index (χ3n) is 1.94. The second-order valence-corrected chi connectivity index (χ2v) is 3.37. The van der Waals surface area contributed by atoms with Crippen LogP contribution in [0.1, 0.15) is 0 Å². The monoisotopic (exact) mass is 264 g/mol. The number of nitrogens with two attached hydrogens (primary N) is 1. The molecule has 1 amide bonds. The second-order valence-electron chi connectivity index (χ2n) is 3.37. The van der Waals surface area contributed by atoms with Crippen molar-refractivity contribution in [3.63, 3.8) is 0 Å². The van der Waals surface area contributed by atoms with Gasteiger partial charge in [0.2, 0.25) is 5.91 Å². The van der Waals surface area contributed by atoms with Crippen LogP contribution in [0.25, 0.3) is 0 Å². The summed E-state index contributed by atoms with van der Waals surface area (Å²) in [6.07, 6.45) is 2.92. The fraction of sp³-hybridized carbons (Fsp3) is 0.111. The van der Waals surface area contributed by atoms with Crippen LogP contribution in [0.2, 0.25) is 0 Å². The van der Waals surface area contributed by atoms with Crippen LogP contribution >= 0.6 is 0 Å². The first-order valence-electron chi connectivity index (χ1n) is 5.01. The van der Waals surface area contributed by atoms with E-state index in [2.05, 4.69) is 15.1 Å². The standard InChI is InChI=1S/C9H8N6O4/c10-7(16)5-14-9(12-8(13-14)15(17)18)19-6-2-1-3-11-4-6/h1-4H,5H2,(H2,10,16). The van der Waals surface area contributed by atoms with E-state index in [0.717, 1.165) is 4.68 Å². The van der Waals surface area contributed by atoms with Crippen molar-refractivity contribution in [3.05, 3.63) is 34.6 Å².